The number of fused-ring (bicyclic) bond motifs is 1. The molecule has 94 valence electrons. The molecule has 0 saturated heterocycles. The molecule has 2 aromatic carbocycles. The van der Waals surface area contributed by atoms with Crippen molar-refractivity contribution in [2.45, 2.75) is 19.4 Å². The number of rotatable bonds is 3. The normalized spacial score (nSPS) is 12.4. The van der Waals surface area contributed by atoms with E-state index in [2.05, 4.69) is 29.0 Å². The summed E-state index contributed by atoms with van der Waals surface area (Å²) in [6, 6.07) is 11.6. The number of carbonyl (C=O) groups excluding carboxylic acids is 1. The number of benzene rings is 2. The van der Waals surface area contributed by atoms with Gasteiger partial charge in [-0.2, -0.15) is 0 Å². The summed E-state index contributed by atoms with van der Waals surface area (Å²) in [7, 11) is 1.36. The van der Waals surface area contributed by atoms with Crippen molar-refractivity contribution in [2.75, 3.05) is 7.11 Å². The van der Waals surface area contributed by atoms with E-state index in [9.17, 15) is 4.79 Å². The van der Waals surface area contributed by atoms with Crippen LogP contribution in [0.25, 0.3) is 10.8 Å². The summed E-state index contributed by atoms with van der Waals surface area (Å²) in [4.78, 5) is 11.4. The average Bonchev–Trinajstić information content (AvgIpc) is 2.41. The first-order chi connectivity index (χ1) is 8.63. The van der Waals surface area contributed by atoms with Crippen molar-refractivity contribution in [3.63, 3.8) is 0 Å². The van der Waals surface area contributed by atoms with E-state index in [0.717, 1.165) is 21.9 Å². The molecule has 0 fully saturated rings. The second-order valence-electron chi connectivity index (χ2n) is 4.42. The molecule has 1 atom stereocenters. The van der Waals surface area contributed by atoms with E-state index in [1.165, 1.54) is 7.11 Å². The standard InChI is InChI=1S/C15H17NO2/c1-10-7-8-11-5-3-4-6-12(11)13(10)9-14(16)15(17)18-2/h3-8,14H,9,16H2,1-2H3/t14-/m1/s1. The molecule has 0 saturated carbocycles. The Morgan fingerprint density at radius 1 is 1.28 bits per heavy atom. The van der Waals surface area contributed by atoms with Crippen LogP contribution < -0.4 is 5.73 Å². The van der Waals surface area contributed by atoms with Gasteiger partial charge >= 0.3 is 5.97 Å². The largest absolute Gasteiger partial charge is 0.468 e. The highest BCUT2D eigenvalue weighted by atomic mass is 16.5. The highest BCUT2D eigenvalue weighted by Crippen LogP contribution is 2.23. The lowest BCUT2D eigenvalue weighted by molar-refractivity contribution is -0.142. The van der Waals surface area contributed by atoms with Gasteiger partial charge in [-0.3, -0.25) is 4.79 Å². The van der Waals surface area contributed by atoms with Crippen LogP contribution in [0.3, 0.4) is 0 Å². The van der Waals surface area contributed by atoms with Crippen molar-refractivity contribution in [1.29, 1.82) is 0 Å². The molecule has 18 heavy (non-hydrogen) atoms. The fourth-order valence-corrected chi connectivity index (χ4v) is 2.17. The Hall–Kier alpha value is -1.87. The summed E-state index contributed by atoms with van der Waals surface area (Å²) < 4.78 is 4.67. The first kappa shape index (κ1) is 12.6. The van der Waals surface area contributed by atoms with Crippen LogP contribution in [0.2, 0.25) is 0 Å². The minimum atomic E-state index is -0.612. The number of hydrogen-bond donors (Lipinski definition) is 1. The van der Waals surface area contributed by atoms with Crippen LogP contribution in [0.15, 0.2) is 36.4 Å². The van der Waals surface area contributed by atoms with Crippen LogP contribution in [0.4, 0.5) is 0 Å². The summed E-state index contributed by atoms with van der Waals surface area (Å²) in [6.07, 6.45) is 0.500. The van der Waals surface area contributed by atoms with Crippen LogP contribution in [0, 0.1) is 6.92 Å². The van der Waals surface area contributed by atoms with E-state index in [0.29, 0.717) is 6.42 Å². The molecule has 0 amide bonds. The topological polar surface area (TPSA) is 52.3 Å². The summed E-state index contributed by atoms with van der Waals surface area (Å²) >= 11 is 0. The fraction of sp³-hybridized carbons (Fsp3) is 0.267. The Balaban J connectivity index is 2.43. The molecule has 2 rings (SSSR count). The van der Waals surface area contributed by atoms with Crippen molar-refractivity contribution < 1.29 is 9.53 Å². The number of ether oxygens (including phenoxy) is 1. The minimum absolute atomic E-state index is 0.373. The zero-order valence-electron chi connectivity index (χ0n) is 10.6. The number of carbonyl (C=O) groups is 1. The molecule has 2 aromatic rings. The SMILES string of the molecule is COC(=O)[C@H](N)Cc1c(C)ccc2ccccc12. The molecule has 3 heteroatoms. The number of esters is 1. The zero-order chi connectivity index (χ0) is 13.1. The molecular formula is C15H17NO2. The molecule has 0 bridgehead atoms. The molecule has 0 aliphatic heterocycles. The Bertz CT molecular complexity index is 578. The van der Waals surface area contributed by atoms with Gasteiger partial charge in [-0.05, 0) is 35.2 Å². The second-order valence-corrected chi connectivity index (χ2v) is 4.42. The van der Waals surface area contributed by atoms with E-state index < -0.39 is 6.04 Å². The predicted molar refractivity (Wildman–Crippen MR) is 72.4 cm³/mol. The monoisotopic (exact) mass is 243 g/mol. The zero-order valence-corrected chi connectivity index (χ0v) is 10.6. The van der Waals surface area contributed by atoms with Crippen molar-refractivity contribution in [2.24, 2.45) is 5.73 Å². The molecule has 0 spiro atoms. The maximum absolute atomic E-state index is 11.4. The van der Waals surface area contributed by atoms with Crippen LogP contribution in [0.5, 0.6) is 0 Å². The lowest BCUT2D eigenvalue weighted by Gasteiger charge is -2.14. The van der Waals surface area contributed by atoms with Gasteiger partial charge in [0.1, 0.15) is 6.04 Å². The van der Waals surface area contributed by atoms with Crippen molar-refractivity contribution >= 4 is 16.7 Å². The van der Waals surface area contributed by atoms with Crippen molar-refractivity contribution in [3.8, 4) is 0 Å². The maximum Gasteiger partial charge on any atom is 0.322 e. The number of hydrogen-bond acceptors (Lipinski definition) is 3. The lowest BCUT2D eigenvalue weighted by Crippen LogP contribution is -2.33. The molecule has 2 N–H and O–H groups in total. The van der Waals surface area contributed by atoms with Crippen LogP contribution >= 0.6 is 0 Å². The van der Waals surface area contributed by atoms with Gasteiger partial charge in [0, 0.05) is 0 Å². The van der Waals surface area contributed by atoms with E-state index >= 15 is 0 Å². The van der Waals surface area contributed by atoms with E-state index in [1.807, 2.05) is 19.1 Å². The molecular weight excluding hydrogens is 226 g/mol. The van der Waals surface area contributed by atoms with E-state index in [4.69, 9.17) is 5.73 Å². The molecule has 0 unspecified atom stereocenters. The van der Waals surface area contributed by atoms with Gasteiger partial charge in [0.05, 0.1) is 7.11 Å². The summed E-state index contributed by atoms with van der Waals surface area (Å²) in [5, 5.41) is 2.31. The smallest absolute Gasteiger partial charge is 0.322 e. The summed E-state index contributed by atoms with van der Waals surface area (Å²) in [5.74, 6) is -0.373. The molecule has 3 nitrogen and oxygen atoms in total. The van der Waals surface area contributed by atoms with Crippen molar-refractivity contribution in [1.82, 2.24) is 0 Å². The molecule has 0 aliphatic rings. The van der Waals surface area contributed by atoms with Gasteiger partial charge in [0.15, 0.2) is 0 Å². The number of aryl methyl sites for hydroxylation is 1. The number of nitrogens with two attached hydrogens (primary N) is 1. The van der Waals surface area contributed by atoms with Crippen LogP contribution in [-0.2, 0) is 16.0 Å². The van der Waals surface area contributed by atoms with Gasteiger partial charge in [0.25, 0.3) is 0 Å². The Kier molecular flexibility index (Phi) is 3.63. The Morgan fingerprint density at radius 3 is 2.72 bits per heavy atom. The number of methoxy groups -OCH3 is 1. The highest BCUT2D eigenvalue weighted by Gasteiger charge is 2.16. The summed E-state index contributed by atoms with van der Waals surface area (Å²) in [6.45, 7) is 2.03. The third-order valence-corrected chi connectivity index (χ3v) is 3.20. The Labute approximate surface area is 107 Å². The first-order valence-electron chi connectivity index (χ1n) is 5.94. The third kappa shape index (κ3) is 2.36. The van der Waals surface area contributed by atoms with Gasteiger partial charge < -0.3 is 10.5 Å². The van der Waals surface area contributed by atoms with Crippen molar-refractivity contribution in [3.05, 3.63) is 47.5 Å². The molecule has 0 aliphatic carbocycles. The van der Waals surface area contributed by atoms with Crippen LogP contribution in [0.1, 0.15) is 11.1 Å². The average molecular weight is 243 g/mol. The Morgan fingerprint density at radius 2 is 2.00 bits per heavy atom. The van der Waals surface area contributed by atoms with Gasteiger partial charge in [-0.1, -0.05) is 36.4 Å². The lowest BCUT2D eigenvalue weighted by atomic mass is 9.95. The molecule has 0 heterocycles. The predicted octanol–water partition coefficient (Wildman–Crippen LogP) is 2.19. The highest BCUT2D eigenvalue weighted by molar-refractivity contribution is 5.87. The minimum Gasteiger partial charge on any atom is -0.468 e. The summed E-state index contributed by atoms with van der Waals surface area (Å²) in [5.41, 5.74) is 8.11. The van der Waals surface area contributed by atoms with Gasteiger partial charge in [-0.15, -0.1) is 0 Å². The van der Waals surface area contributed by atoms with Crippen LogP contribution in [-0.4, -0.2) is 19.1 Å². The second kappa shape index (κ2) is 5.19. The van der Waals surface area contributed by atoms with Gasteiger partial charge in [0.2, 0.25) is 0 Å². The van der Waals surface area contributed by atoms with E-state index in [-0.39, 0.29) is 5.97 Å². The maximum atomic E-state index is 11.4. The quantitative estimate of drug-likeness (QED) is 0.841. The fourth-order valence-electron chi connectivity index (χ4n) is 2.17. The first-order valence-corrected chi connectivity index (χ1v) is 5.94. The van der Waals surface area contributed by atoms with E-state index in [1.54, 1.807) is 0 Å². The molecule has 0 aromatic heterocycles. The molecule has 0 radical (unpaired) electrons. The van der Waals surface area contributed by atoms with Gasteiger partial charge in [-0.25, -0.2) is 0 Å². The third-order valence-electron chi connectivity index (χ3n) is 3.20.